The number of rotatable bonds is 5. The minimum atomic E-state index is -0.0816. The standard InChI is InChI=1S/C17H25N3OS2/c1-11(23-16-19-18-10-22-16)15(21)20(2)9-17-6-12-3-13(7-17)5-14(4-12)8-17/h10-14H,3-9H2,1-2H3. The summed E-state index contributed by atoms with van der Waals surface area (Å²) < 4.78 is 0.883. The summed E-state index contributed by atoms with van der Waals surface area (Å²) in [5, 5.41) is 7.81. The van der Waals surface area contributed by atoms with Crippen LogP contribution in [0.25, 0.3) is 0 Å². The number of carbonyl (C=O) groups excluding carboxylic acids is 1. The Morgan fingerprint density at radius 2 is 1.96 bits per heavy atom. The Labute approximate surface area is 146 Å². The molecule has 0 saturated heterocycles. The highest BCUT2D eigenvalue weighted by molar-refractivity contribution is 8.02. The molecule has 0 spiro atoms. The number of thioether (sulfide) groups is 1. The summed E-state index contributed by atoms with van der Waals surface area (Å²) in [5.74, 6) is 3.06. The molecule has 4 bridgehead atoms. The van der Waals surface area contributed by atoms with E-state index in [0.717, 1.165) is 28.6 Å². The molecule has 0 N–H and O–H groups in total. The summed E-state index contributed by atoms with van der Waals surface area (Å²) in [4.78, 5) is 14.8. The van der Waals surface area contributed by atoms with E-state index in [1.54, 1.807) is 5.51 Å². The van der Waals surface area contributed by atoms with Gasteiger partial charge in [-0.25, -0.2) is 0 Å². The lowest BCUT2D eigenvalue weighted by atomic mass is 9.49. The van der Waals surface area contributed by atoms with Gasteiger partial charge < -0.3 is 4.90 Å². The molecule has 4 fully saturated rings. The summed E-state index contributed by atoms with van der Waals surface area (Å²) in [6, 6.07) is 0. The molecule has 126 valence electrons. The number of aromatic nitrogens is 2. The first-order chi connectivity index (χ1) is 11.0. The monoisotopic (exact) mass is 351 g/mol. The van der Waals surface area contributed by atoms with Crippen LogP contribution in [0.2, 0.25) is 0 Å². The number of carbonyl (C=O) groups is 1. The first-order valence-corrected chi connectivity index (χ1v) is 10.5. The van der Waals surface area contributed by atoms with Crippen LogP contribution in [0.3, 0.4) is 0 Å². The molecule has 1 heterocycles. The third kappa shape index (κ3) is 3.16. The van der Waals surface area contributed by atoms with E-state index in [4.69, 9.17) is 0 Å². The Morgan fingerprint density at radius 1 is 1.35 bits per heavy atom. The molecular formula is C17H25N3OS2. The van der Waals surface area contributed by atoms with Crippen LogP contribution in [-0.4, -0.2) is 39.8 Å². The fraction of sp³-hybridized carbons (Fsp3) is 0.824. The van der Waals surface area contributed by atoms with E-state index in [1.165, 1.54) is 61.6 Å². The van der Waals surface area contributed by atoms with E-state index in [1.807, 2.05) is 18.9 Å². The number of nitrogens with zero attached hydrogens (tertiary/aromatic N) is 3. The Bertz CT molecular complexity index is 539. The topological polar surface area (TPSA) is 46.1 Å². The van der Waals surface area contributed by atoms with Gasteiger partial charge in [0.1, 0.15) is 5.51 Å². The zero-order valence-electron chi connectivity index (χ0n) is 13.9. The summed E-state index contributed by atoms with van der Waals surface area (Å²) in [6.07, 6.45) is 8.44. The average Bonchev–Trinajstić information content (AvgIpc) is 2.97. The summed E-state index contributed by atoms with van der Waals surface area (Å²) in [7, 11) is 2.00. The maximum absolute atomic E-state index is 12.8. The van der Waals surface area contributed by atoms with Gasteiger partial charge in [-0.05, 0) is 68.6 Å². The molecule has 1 unspecified atom stereocenters. The largest absolute Gasteiger partial charge is 0.344 e. The third-order valence-corrected chi connectivity index (χ3v) is 7.98. The summed E-state index contributed by atoms with van der Waals surface area (Å²) in [6.45, 7) is 2.95. The van der Waals surface area contributed by atoms with Crippen LogP contribution in [-0.2, 0) is 4.79 Å². The Kier molecular flexibility index (Phi) is 4.16. The van der Waals surface area contributed by atoms with Crippen molar-refractivity contribution in [1.29, 1.82) is 0 Å². The number of hydrogen-bond acceptors (Lipinski definition) is 5. The maximum Gasteiger partial charge on any atom is 0.235 e. The smallest absolute Gasteiger partial charge is 0.235 e. The SMILES string of the molecule is CC(Sc1nncs1)C(=O)N(C)CC12CC3CC(CC(C3)C1)C2. The van der Waals surface area contributed by atoms with E-state index < -0.39 is 0 Å². The molecule has 4 saturated carbocycles. The van der Waals surface area contributed by atoms with Crippen molar-refractivity contribution < 1.29 is 4.79 Å². The molecule has 1 aromatic heterocycles. The second-order valence-corrected chi connectivity index (χ2v) is 10.5. The third-order valence-electron chi connectivity index (χ3n) is 6.08. The van der Waals surface area contributed by atoms with E-state index in [-0.39, 0.29) is 11.2 Å². The lowest BCUT2D eigenvalue weighted by Crippen LogP contribution is -2.52. The lowest BCUT2D eigenvalue weighted by Gasteiger charge is -2.57. The highest BCUT2D eigenvalue weighted by Gasteiger charge is 2.51. The molecule has 1 atom stereocenters. The van der Waals surface area contributed by atoms with Gasteiger partial charge in [0, 0.05) is 13.6 Å². The van der Waals surface area contributed by atoms with Crippen molar-refractivity contribution >= 4 is 29.0 Å². The fourth-order valence-electron chi connectivity index (χ4n) is 5.79. The van der Waals surface area contributed by atoms with Crippen LogP contribution in [0.5, 0.6) is 0 Å². The Morgan fingerprint density at radius 3 is 2.48 bits per heavy atom. The Hall–Kier alpha value is -0.620. The van der Waals surface area contributed by atoms with Crippen LogP contribution in [0.4, 0.5) is 0 Å². The van der Waals surface area contributed by atoms with Crippen LogP contribution >= 0.6 is 23.1 Å². The van der Waals surface area contributed by atoms with Crippen molar-refractivity contribution in [3.05, 3.63) is 5.51 Å². The van der Waals surface area contributed by atoms with Crippen molar-refractivity contribution in [2.45, 2.75) is 55.0 Å². The second kappa shape index (κ2) is 6.03. The van der Waals surface area contributed by atoms with Gasteiger partial charge in [0.2, 0.25) is 5.91 Å². The second-order valence-electron chi connectivity index (χ2n) is 8.08. The maximum atomic E-state index is 12.8. The van der Waals surface area contributed by atoms with Gasteiger partial charge in [0.05, 0.1) is 5.25 Å². The molecule has 1 amide bonds. The highest BCUT2D eigenvalue weighted by atomic mass is 32.2. The average molecular weight is 352 g/mol. The van der Waals surface area contributed by atoms with E-state index in [9.17, 15) is 4.79 Å². The van der Waals surface area contributed by atoms with Gasteiger partial charge in [-0.1, -0.05) is 23.1 Å². The molecule has 1 aromatic rings. The first-order valence-electron chi connectivity index (χ1n) is 8.71. The molecule has 4 nitrogen and oxygen atoms in total. The fourth-order valence-corrected chi connectivity index (χ4v) is 7.53. The van der Waals surface area contributed by atoms with E-state index in [0.29, 0.717) is 5.41 Å². The van der Waals surface area contributed by atoms with Crippen molar-refractivity contribution in [1.82, 2.24) is 15.1 Å². The van der Waals surface area contributed by atoms with Crippen LogP contribution in [0.15, 0.2) is 9.85 Å². The van der Waals surface area contributed by atoms with Gasteiger partial charge in [0.25, 0.3) is 0 Å². The van der Waals surface area contributed by atoms with Gasteiger partial charge in [-0.2, -0.15) is 0 Å². The molecule has 5 rings (SSSR count). The molecule has 6 heteroatoms. The van der Waals surface area contributed by atoms with Gasteiger partial charge in [0.15, 0.2) is 4.34 Å². The van der Waals surface area contributed by atoms with Crippen molar-refractivity contribution in [3.63, 3.8) is 0 Å². The predicted octanol–water partition coefficient (Wildman–Crippen LogP) is 3.69. The summed E-state index contributed by atoms with van der Waals surface area (Å²) >= 11 is 3.04. The van der Waals surface area contributed by atoms with Crippen LogP contribution in [0.1, 0.15) is 45.4 Å². The minimum Gasteiger partial charge on any atom is -0.344 e. The number of amides is 1. The van der Waals surface area contributed by atoms with E-state index in [2.05, 4.69) is 10.2 Å². The quantitative estimate of drug-likeness (QED) is 0.759. The molecule has 0 radical (unpaired) electrons. The molecule has 4 aliphatic rings. The van der Waals surface area contributed by atoms with Gasteiger partial charge in [-0.15, -0.1) is 10.2 Å². The number of hydrogen-bond donors (Lipinski definition) is 0. The lowest BCUT2D eigenvalue weighted by molar-refractivity contribution is -0.134. The highest BCUT2D eigenvalue weighted by Crippen LogP contribution is 2.60. The molecular weight excluding hydrogens is 326 g/mol. The summed E-state index contributed by atoms with van der Waals surface area (Å²) in [5.41, 5.74) is 2.14. The van der Waals surface area contributed by atoms with Gasteiger partial charge in [-0.3, -0.25) is 4.79 Å². The molecule has 23 heavy (non-hydrogen) atoms. The first kappa shape index (κ1) is 15.9. The Balaban J connectivity index is 1.39. The van der Waals surface area contributed by atoms with Gasteiger partial charge >= 0.3 is 0 Å². The molecule has 0 aliphatic heterocycles. The normalized spacial score (nSPS) is 36.2. The van der Waals surface area contributed by atoms with Crippen LogP contribution in [0, 0.1) is 23.2 Å². The molecule has 0 aromatic carbocycles. The van der Waals surface area contributed by atoms with Crippen molar-refractivity contribution in [2.24, 2.45) is 23.2 Å². The van der Waals surface area contributed by atoms with Crippen molar-refractivity contribution in [3.8, 4) is 0 Å². The molecule has 4 aliphatic carbocycles. The zero-order chi connectivity index (χ0) is 16.0. The zero-order valence-corrected chi connectivity index (χ0v) is 15.5. The minimum absolute atomic E-state index is 0.0816. The predicted molar refractivity (Wildman–Crippen MR) is 93.5 cm³/mol. The van der Waals surface area contributed by atoms with Crippen LogP contribution < -0.4 is 0 Å². The van der Waals surface area contributed by atoms with Crippen molar-refractivity contribution in [2.75, 3.05) is 13.6 Å². The van der Waals surface area contributed by atoms with E-state index >= 15 is 0 Å².